The Kier molecular flexibility index (Phi) is 6.00. The summed E-state index contributed by atoms with van der Waals surface area (Å²) in [6.07, 6.45) is 0. The average Bonchev–Trinajstić information content (AvgIpc) is 2.69. The fourth-order valence-electron chi connectivity index (χ4n) is 3.14. The second-order valence-corrected chi connectivity index (χ2v) is 8.60. The van der Waals surface area contributed by atoms with Crippen LogP contribution in [0, 0.1) is 17.0 Å². The molecule has 0 fully saturated rings. The summed E-state index contributed by atoms with van der Waals surface area (Å²) >= 11 is 0. The lowest BCUT2D eigenvalue weighted by molar-refractivity contribution is -0.386. The summed E-state index contributed by atoms with van der Waals surface area (Å²) in [5, 5.41) is 13.9. The third-order valence-corrected chi connectivity index (χ3v) is 6.96. The molecule has 3 aromatic rings. The molecule has 0 atom stereocenters. The van der Waals surface area contributed by atoms with Gasteiger partial charge in [-0.1, -0.05) is 60.7 Å². The van der Waals surface area contributed by atoms with Crippen LogP contribution in [0.2, 0.25) is 0 Å². The van der Waals surface area contributed by atoms with E-state index in [-0.39, 0.29) is 17.2 Å². The SMILES string of the molecule is COc1ccc(CO[SiH](c2ccccc2)c2ccccc2)c([N+](=O)[O-])c1C. The van der Waals surface area contributed by atoms with E-state index in [1.807, 2.05) is 36.4 Å². The summed E-state index contributed by atoms with van der Waals surface area (Å²) < 4.78 is 11.5. The third-order valence-electron chi connectivity index (χ3n) is 4.48. The molecule has 0 aliphatic carbocycles. The fourth-order valence-corrected chi connectivity index (χ4v) is 5.40. The Morgan fingerprint density at radius 2 is 1.48 bits per heavy atom. The predicted molar refractivity (Wildman–Crippen MR) is 108 cm³/mol. The summed E-state index contributed by atoms with van der Waals surface area (Å²) in [4.78, 5) is 11.2. The second-order valence-electron chi connectivity index (χ2n) is 6.17. The zero-order chi connectivity index (χ0) is 19.2. The van der Waals surface area contributed by atoms with E-state index in [9.17, 15) is 10.1 Å². The van der Waals surface area contributed by atoms with Crippen molar-refractivity contribution < 1.29 is 14.1 Å². The van der Waals surface area contributed by atoms with E-state index in [0.717, 1.165) is 10.4 Å². The fraction of sp³-hybridized carbons (Fsp3) is 0.143. The van der Waals surface area contributed by atoms with E-state index in [2.05, 4.69) is 24.3 Å². The number of nitro benzene ring substituents is 1. The normalized spacial score (nSPS) is 10.8. The molecule has 6 heteroatoms. The first-order valence-corrected chi connectivity index (χ1v) is 10.3. The van der Waals surface area contributed by atoms with Crippen molar-refractivity contribution in [2.24, 2.45) is 0 Å². The zero-order valence-electron chi connectivity index (χ0n) is 15.3. The Morgan fingerprint density at radius 1 is 0.926 bits per heavy atom. The Labute approximate surface area is 160 Å². The molecule has 0 unspecified atom stereocenters. The van der Waals surface area contributed by atoms with Crippen LogP contribution in [0.5, 0.6) is 5.75 Å². The van der Waals surface area contributed by atoms with Gasteiger partial charge < -0.3 is 9.16 Å². The van der Waals surface area contributed by atoms with Gasteiger partial charge in [0.1, 0.15) is 5.75 Å². The van der Waals surface area contributed by atoms with Crippen LogP contribution in [-0.4, -0.2) is 21.1 Å². The van der Waals surface area contributed by atoms with Crippen LogP contribution in [0.25, 0.3) is 0 Å². The highest BCUT2D eigenvalue weighted by molar-refractivity contribution is 6.80. The summed E-state index contributed by atoms with van der Waals surface area (Å²) in [7, 11) is -0.451. The van der Waals surface area contributed by atoms with Gasteiger partial charge in [0.25, 0.3) is 5.69 Å². The number of ether oxygens (including phenoxy) is 1. The molecule has 0 aliphatic rings. The molecule has 27 heavy (non-hydrogen) atoms. The van der Waals surface area contributed by atoms with Gasteiger partial charge in [-0.25, -0.2) is 0 Å². The maximum Gasteiger partial charge on any atom is 0.281 e. The topological polar surface area (TPSA) is 61.6 Å². The highest BCUT2D eigenvalue weighted by Gasteiger charge is 2.23. The standard InChI is InChI=1S/C21H21NO4Si/c1-16-20(25-2)14-13-17(21(16)22(23)24)15-26-27(18-9-5-3-6-10-18)19-11-7-4-8-12-19/h3-14,27H,15H2,1-2H3. The Morgan fingerprint density at radius 3 is 1.96 bits per heavy atom. The Bertz CT molecular complexity index is 877. The van der Waals surface area contributed by atoms with Gasteiger partial charge in [0.15, 0.2) is 0 Å². The lowest BCUT2D eigenvalue weighted by Gasteiger charge is -2.18. The number of nitrogens with zero attached hydrogens (tertiary/aromatic N) is 1. The van der Waals surface area contributed by atoms with Gasteiger partial charge >= 0.3 is 0 Å². The lowest BCUT2D eigenvalue weighted by atomic mass is 10.1. The molecule has 0 heterocycles. The number of nitro groups is 1. The minimum absolute atomic E-state index is 0.0585. The number of benzene rings is 3. The zero-order valence-corrected chi connectivity index (χ0v) is 16.4. The first-order chi connectivity index (χ1) is 13.1. The van der Waals surface area contributed by atoms with Crippen molar-refractivity contribution in [3.8, 4) is 5.75 Å². The molecule has 0 saturated heterocycles. The summed E-state index contributed by atoms with van der Waals surface area (Å²) in [5.41, 5.74) is 1.13. The van der Waals surface area contributed by atoms with E-state index in [4.69, 9.17) is 9.16 Å². The Balaban J connectivity index is 1.93. The highest BCUT2D eigenvalue weighted by Crippen LogP contribution is 2.31. The van der Waals surface area contributed by atoms with Crippen LogP contribution in [0.3, 0.4) is 0 Å². The molecule has 0 N–H and O–H groups in total. The van der Waals surface area contributed by atoms with Crippen LogP contribution in [0.4, 0.5) is 5.69 Å². The first-order valence-electron chi connectivity index (χ1n) is 8.64. The highest BCUT2D eigenvalue weighted by atomic mass is 28.3. The van der Waals surface area contributed by atoms with E-state index in [1.54, 1.807) is 19.1 Å². The maximum absolute atomic E-state index is 11.6. The Hall–Kier alpha value is -2.96. The van der Waals surface area contributed by atoms with Crippen molar-refractivity contribution in [1.82, 2.24) is 0 Å². The van der Waals surface area contributed by atoms with Crippen molar-refractivity contribution in [3.05, 3.63) is 94.0 Å². The molecule has 5 nitrogen and oxygen atoms in total. The molecule has 0 radical (unpaired) electrons. The number of rotatable bonds is 7. The first kappa shape index (κ1) is 18.8. The van der Waals surface area contributed by atoms with Gasteiger partial charge in [0.2, 0.25) is 9.04 Å². The van der Waals surface area contributed by atoms with Gasteiger partial charge in [0, 0.05) is 0 Å². The van der Waals surface area contributed by atoms with Crippen LogP contribution in [0.1, 0.15) is 11.1 Å². The van der Waals surface area contributed by atoms with Crippen LogP contribution >= 0.6 is 0 Å². The summed E-state index contributed by atoms with van der Waals surface area (Å²) in [6, 6.07) is 23.6. The van der Waals surface area contributed by atoms with Crippen LogP contribution < -0.4 is 15.1 Å². The molecule has 0 amide bonds. The van der Waals surface area contributed by atoms with Gasteiger partial charge in [-0.3, -0.25) is 10.1 Å². The third kappa shape index (κ3) is 4.24. The van der Waals surface area contributed by atoms with Crippen LogP contribution in [0.15, 0.2) is 72.8 Å². The van der Waals surface area contributed by atoms with Crippen molar-refractivity contribution in [1.29, 1.82) is 0 Å². The molecular formula is C21H21NO4Si. The number of methoxy groups -OCH3 is 1. The smallest absolute Gasteiger partial charge is 0.281 e. The molecule has 3 rings (SSSR count). The quantitative estimate of drug-likeness (QED) is 0.360. The molecule has 0 aliphatic heterocycles. The van der Waals surface area contributed by atoms with E-state index in [0.29, 0.717) is 16.9 Å². The maximum atomic E-state index is 11.6. The summed E-state index contributed by atoms with van der Waals surface area (Å²) in [6.45, 7) is 1.88. The lowest BCUT2D eigenvalue weighted by Crippen LogP contribution is -2.44. The molecule has 3 aromatic carbocycles. The van der Waals surface area contributed by atoms with E-state index in [1.165, 1.54) is 7.11 Å². The predicted octanol–water partition coefficient (Wildman–Crippen LogP) is 2.97. The molecular weight excluding hydrogens is 358 g/mol. The minimum atomic E-state index is -1.96. The average molecular weight is 379 g/mol. The molecule has 0 bridgehead atoms. The summed E-state index contributed by atoms with van der Waals surface area (Å²) in [5.74, 6) is 0.505. The van der Waals surface area contributed by atoms with Crippen molar-refractivity contribution in [3.63, 3.8) is 0 Å². The largest absolute Gasteiger partial charge is 0.496 e. The van der Waals surface area contributed by atoms with Gasteiger partial charge in [-0.05, 0) is 29.4 Å². The second kappa shape index (κ2) is 8.61. The van der Waals surface area contributed by atoms with E-state index < -0.39 is 9.04 Å². The molecule has 138 valence electrons. The molecule has 0 spiro atoms. The number of hydrogen-bond acceptors (Lipinski definition) is 4. The number of hydrogen-bond donors (Lipinski definition) is 0. The van der Waals surface area contributed by atoms with Gasteiger partial charge in [-0.15, -0.1) is 0 Å². The molecule has 0 aromatic heterocycles. The van der Waals surface area contributed by atoms with Crippen molar-refractivity contribution in [2.75, 3.05) is 7.11 Å². The molecule has 0 saturated carbocycles. The minimum Gasteiger partial charge on any atom is -0.496 e. The monoisotopic (exact) mass is 379 g/mol. The van der Waals surface area contributed by atoms with Crippen molar-refractivity contribution in [2.45, 2.75) is 13.5 Å². The van der Waals surface area contributed by atoms with Crippen molar-refractivity contribution >= 4 is 25.1 Å². The van der Waals surface area contributed by atoms with Crippen LogP contribution in [-0.2, 0) is 11.0 Å². The van der Waals surface area contributed by atoms with Gasteiger partial charge in [-0.2, -0.15) is 0 Å². The van der Waals surface area contributed by atoms with E-state index >= 15 is 0 Å². The van der Waals surface area contributed by atoms with Gasteiger partial charge in [0.05, 0.1) is 29.8 Å².